The summed E-state index contributed by atoms with van der Waals surface area (Å²) < 4.78 is 10.5. The van der Waals surface area contributed by atoms with Crippen LogP contribution >= 0.6 is 23.2 Å². The molecule has 0 aliphatic rings. The second-order valence-electron chi connectivity index (χ2n) is 6.29. The first-order valence-electron chi connectivity index (χ1n) is 8.30. The standard InChI is InChI=1S/C20H15Cl2NO5/c1-10(2)23-18(24)15-7-11-3-5-13(9-17(11)28-20(15)26)27-19(25)14-6-4-12(21)8-16(14)22/h3-10H,1-2H3,(H,23,24). The van der Waals surface area contributed by atoms with Gasteiger partial charge in [-0.2, -0.15) is 0 Å². The number of fused-ring (bicyclic) bond motifs is 1. The molecule has 0 aliphatic carbocycles. The maximum absolute atomic E-state index is 12.3. The molecule has 0 fully saturated rings. The van der Waals surface area contributed by atoms with E-state index in [2.05, 4.69) is 5.32 Å². The molecule has 0 saturated heterocycles. The fourth-order valence-corrected chi connectivity index (χ4v) is 2.96. The van der Waals surface area contributed by atoms with Gasteiger partial charge in [0.15, 0.2) is 0 Å². The van der Waals surface area contributed by atoms with Crippen LogP contribution in [0.3, 0.4) is 0 Å². The number of hydrogen-bond acceptors (Lipinski definition) is 5. The van der Waals surface area contributed by atoms with Crippen molar-refractivity contribution >= 4 is 46.0 Å². The van der Waals surface area contributed by atoms with Crippen molar-refractivity contribution < 1.29 is 18.7 Å². The number of hydrogen-bond donors (Lipinski definition) is 1. The van der Waals surface area contributed by atoms with Gasteiger partial charge in [0.1, 0.15) is 16.9 Å². The van der Waals surface area contributed by atoms with Crippen molar-refractivity contribution in [2.45, 2.75) is 19.9 Å². The van der Waals surface area contributed by atoms with Crippen molar-refractivity contribution in [3.05, 3.63) is 74.1 Å². The van der Waals surface area contributed by atoms with E-state index in [0.29, 0.717) is 10.4 Å². The Morgan fingerprint density at radius 1 is 1.04 bits per heavy atom. The van der Waals surface area contributed by atoms with Gasteiger partial charge in [-0.05, 0) is 50.2 Å². The Hall–Kier alpha value is -2.83. The van der Waals surface area contributed by atoms with Gasteiger partial charge < -0.3 is 14.5 Å². The molecule has 28 heavy (non-hydrogen) atoms. The molecule has 3 rings (SSSR count). The van der Waals surface area contributed by atoms with E-state index in [9.17, 15) is 14.4 Å². The minimum absolute atomic E-state index is 0.0982. The lowest BCUT2D eigenvalue weighted by Gasteiger charge is -2.09. The van der Waals surface area contributed by atoms with Crippen LogP contribution in [0.15, 0.2) is 51.7 Å². The number of carbonyl (C=O) groups excluding carboxylic acids is 2. The van der Waals surface area contributed by atoms with Gasteiger partial charge in [0.05, 0.1) is 10.6 Å². The molecule has 1 N–H and O–H groups in total. The zero-order chi connectivity index (χ0) is 20.4. The van der Waals surface area contributed by atoms with Crippen LogP contribution in [-0.2, 0) is 0 Å². The van der Waals surface area contributed by atoms with Crippen molar-refractivity contribution in [3.63, 3.8) is 0 Å². The maximum Gasteiger partial charge on any atom is 0.349 e. The lowest BCUT2D eigenvalue weighted by atomic mass is 10.1. The number of esters is 1. The molecule has 0 radical (unpaired) electrons. The van der Waals surface area contributed by atoms with Gasteiger partial charge in [0.2, 0.25) is 0 Å². The lowest BCUT2D eigenvalue weighted by molar-refractivity contribution is 0.0735. The summed E-state index contributed by atoms with van der Waals surface area (Å²) in [5, 5.41) is 3.70. The lowest BCUT2D eigenvalue weighted by Crippen LogP contribution is -2.33. The van der Waals surface area contributed by atoms with E-state index in [-0.39, 0.29) is 33.5 Å². The van der Waals surface area contributed by atoms with Crippen molar-refractivity contribution in [1.29, 1.82) is 0 Å². The number of amides is 1. The summed E-state index contributed by atoms with van der Waals surface area (Å²) in [5.74, 6) is -1.04. The minimum Gasteiger partial charge on any atom is -0.423 e. The number of halogens is 2. The Balaban J connectivity index is 1.89. The van der Waals surface area contributed by atoms with Gasteiger partial charge in [-0.3, -0.25) is 4.79 Å². The zero-order valence-electron chi connectivity index (χ0n) is 14.9. The summed E-state index contributed by atoms with van der Waals surface area (Å²) in [6.07, 6.45) is 0. The molecule has 2 aromatic carbocycles. The smallest absolute Gasteiger partial charge is 0.349 e. The molecule has 3 aromatic rings. The molecule has 0 saturated carbocycles. The predicted octanol–water partition coefficient (Wildman–Crippen LogP) is 4.46. The Morgan fingerprint density at radius 3 is 2.46 bits per heavy atom. The quantitative estimate of drug-likeness (QED) is 0.383. The average molecular weight is 420 g/mol. The number of nitrogens with one attached hydrogen (secondary N) is 1. The minimum atomic E-state index is -0.783. The van der Waals surface area contributed by atoms with Crippen LogP contribution in [0.25, 0.3) is 11.0 Å². The second-order valence-corrected chi connectivity index (χ2v) is 7.13. The Kier molecular flexibility index (Phi) is 5.72. The highest BCUT2D eigenvalue weighted by Gasteiger charge is 2.17. The first-order chi connectivity index (χ1) is 13.2. The first-order valence-corrected chi connectivity index (χ1v) is 9.06. The van der Waals surface area contributed by atoms with Gasteiger partial charge in [0, 0.05) is 22.5 Å². The van der Waals surface area contributed by atoms with Crippen LogP contribution in [0.4, 0.5) is 0 Å². The fraction of sp³-hybridized carbons (Fsp3) is 0.150. The first kappa shape index (κ1) is 19.9. The molecule has 6 nitrogen and oxygen atoms in total. The van der Waals surface area contributed by atoms with Crippen LogP contribution in [0, 0.1) is 0 Å². The van der Waals surface area contributed by atoms with E-state index in [1.807, 2.05) is 0 Å². The zero-order valence-corrected chi connectivity index (χ0v) is 16.4. The molecular formula is C20H15Cl2NO5. The van der Waals surface area contributed by atoms with Crippen LogP contribution in [0.5, 0.6) is 5.75 Å². The third kappa shape index (κ3) is 4.35. The predicted molar refractivity (Wildman–Crippen MR) is 107 cm³/mol. The van der Waals surface area contributed by atoms with Crippen molar-refractivity contribution in [3.8, 4) is 5.75 Å². The topological polar surface area (TPSA) is 85.6 Å². The molecule has 0 unspecified atom stereocenters. The summed E-state index contributed by atoms with van der Waals surface area (Å²) in [5.41, 5.74) is -0.555. The van der Waals surface area contributed by atoms with Gasteiger partial charge in [-0.1, -0.05) is 23.2 Å². The highest BCUT2D eigenvalue weighted by Crippen LogP contribution is 2.25. The van der Waals surface area contributed by atoms with Gasteiger partial charge >= 0.3 is 11.6 Å². The van der Waals surface area contributed by atoms with Crippen molar-refractivity contribution in [2.24, 2.45) is 0 Å². The number of rotatable bonds is 4. The molecule has 0 aliphatic heterocycles. The highest BCUT2D eigenvalue weighted by molar-refractivity contribution is 6.36. The van der Waals surface area contributed by atoms with Gasteiger partial charge in [0.25, 0.3) is 5.91 Å². The molecule has 1 amide bonds. The molecule has 0 bridgehead atoms. The van der Waals surface area contributed by atoms with E-state index < -0.39 is 17.5 Å². The Bertz CT molecular complexity index is 1140. The average Bonchev–Trinajstić information content (AvgIpc) is 2.60. The van der Waals surface area contributed by atoms with Gasteiger partial charge in [-0.25, -0.2) is 9.59 Å². The largest absolute Gasteiger partial charge is 0.423 e. The third-order valence-corrected chi connectivity index (χ3v) is 4.28. The third-order valence-electron chi connectivity index (χ3n) is 3.73. The van der Waals surface area contributed by atoms with Gasteiger partial charge in [-0.15, -0.1) is 0 Å². The molecule has 144 valence electrons. The Labute approximate surface area is 170 Å². The number of ether oxygens (including phenoxy) is 1. The summed E-state index contributed by atoms with van der Waals surface area (Å²) in [7, 11) is 0. The number of carbonyl (C=O) groups is 2. The van der Waals surface area contributed by atoms with E-state index in [1.54, 1.807) is 19.9 Å². The molecular weight excluding hydrogens is 405 g/mol. The van der Waals surface area contributed by atoms with Crippen LogP contribution in [-0.4, -0.2) is 17.9 Å². The van der Waals surface area contributed by atoms with Crippen molar-refractivity contribution in [2.75, 3.05) is 0 Å². The highest BCUT2D eigenvalue weighted by atomic mass is 35.5. The summed E-state index contributed by atoms with van der Waals surface area (Å²) in [6.45, 7) is 3.57. The van der Waals surface area contributed by atoms with Crippen LogP contribution in [0.1, 0.15) is 34.6 Å². The molecule has 0 spiro atoms. The SMILES string of the molecule is CC(C)NC(=O)c1cc2ccc(OC(=O)c3ccc(Cl)cc3Cl)cc2oc1=O. The van der Waals surface area contributed by atoms with E-state index in [1.165, 1.54) is 36.4 Å². The summed E-state index contributed by atoms with van der Waals surface area (Å²) in [6, 6.07) is 10.2. The molecule has 1 heterocycles. The normalized spacial score (nSPS) is 10.9. The monoisotopic (exact) mass is 419 g/mol. The Morgan fingerprint density at radius 2 is 1.79 bits per heavy atom. The van der Waals surface area contributed by atoms with Crippen molar-refractivity contribution in [1.82, 2.24) is 5.32 Å². The van der Waals surface area contributed by atoms with E-state index in [4.69, 9.17) is 32.4 Å². The molecule has 8 heteroatoms. The summed E-state index contributed by atoms with van der Waals surface area (Å²) in [4.78, 5) is 36.5. The number of benzene rings is 2. The molecule has 0 atom stereocenters. The fourth-order valence-electron chi connectivity index (χ4n) is 2.47. The van der Waals surface area contributed by atoms with E-state index in [0.717, 1.165) is 0 Å². The second kappa shape index (κ2) is 8.04. The van der Waals surface area contributed by atoms with E-state index >= 15 is 0 Å². The van der Waals surface area contributed by atoms with Crippen LogP contribution < -0.4 is 15.7 Å². The maximum atomic E-state index is 12.3. The summed E-state index contributed by atoms with van der Waals surface area (Å²) >= 11 is 11.8. The van der Waals surface area contributed by atoms with Crippen LogP contribution in [0.2, 0.25) is 10.0 Å². The molecule has 1 aromatic heterocycles.